The number of aromatic nitrogens is 2. The van der Waals surface area contributed by atoms with Crippen LogP contribution in [-0.4, -0.2) is 21.8 Å². The van der Waals surface area contributed by atoms with Crippen LogP contribution in [0, 0.1) is 18.3 Å². The first-order valence-electron chi connectivity index (χ1n) is 10.8. The van der Waals surface area contributed by atoms with Crippen molar-refractivity contribution in [1.29, 1.82) is 5.26 Å². The van der Waals surface area contributed by atoms with Crippen molar-refractivity contribution < 1.29 is 13.2 Å². The van der Waals surface area contributed by atoms with Gasteiger partial charge in [-0.15, -0.1) is 0 Å². The summed E-state index contributed by atoms with van der Waals surface area (Å²) in [6.45, 7) is 7.33. The number of nitrogens with one attached hydrogen (secondary N) is 2. The van der Waals surface area contributed by atoms with Crippen LogP contribution in [0.1, 0.15) is 57.2 Å². The number of benzene rings is 1. The molecule has 2 atom stereocenters. The van der Waals surface area contributed by atoms with Gasteiger partial charge in [0, 0.05) is 11.4 Å². The molecule has 0 radical (unpaired) electrons. The standard InChI is InChI=1S/C24H28F3N5/c1-5-7-18(6-2)32-22-12-15(3)8-10-19(22)20(13-28)23(32)21-11-9-17(14-29-21)31-30-16(4)24(25,26)27/h8-12,14,16,18,30-31H,5-7H2,1-4H3/t16-,18?/m1/s1. The Balaban J connectivity index is 2.07. The lowest BCUT2D eigenvalue weighted by Gasteiger charge is -2.21. The first-order valence-corrected chi connectivity index (χ1v) is 10.8. The molecular formula is C24H28F3N5. The maximum atomic E-state index is 12.7. The minimum atomic E-state index is -4.35. The van der Waals surface area contributed by atoms with E-state index in [1.165, 1.54) is 6.20 Å². The van der Waals surface area contributed by atoms with Gasteiger partial charge in [-0.05, 0) is 50.5 Å². The van der Waals surface area contributed by atoms with Crippen LogP contribution in [-0.2, 0) is 0 Å². The molecule has 1 unspecified atom stereocenters. The number of alkyl halides is 3. The molecule has 8 heteroatoms. The SMILES string of the molecule is CCCC(CC)n1c(-c2ccc(NN[C@H](C)C(F)(F)F)cn2)c(C#N)c2ccc(C)cc21. The second-order valence-corrected chi connectivity index (χ2v) is 8.04. The smallest absolute Gasteiger partial charge is 0.335 e. The predicted molar refractivity (Wildman–Crippen MR) is 121 cm³/mol. The summed E-state index contributed by atoms with van der Waals surface area (Å²) in [5.74, 6) is 0. The van der Waals surface area contributed by atoms with Crippen LogP contribution in [0.15, 0.2) is 36.5 Å². The molecule has 1 aromatic carbocycles. The summed E-state index contributed by atoms with van der Waals surface area (Å²) >= 11 is 0. The quantitative estimate of drug-likeness (QED) is 0.390. The zero-order valence-electron chi connectivity index (χ0n) is 18.7. The topological polar surface area (TPSA) is 65.7 Å². The number of fused-ring (bicyclic) bond motifs is 1. The Morgan fingerprint density at radius 3 is 2.50 bits per heavy atom. The highest BCUT2D eigenvalue weighted by Gasteiger charge is 2.35. The minimum Gasteiger partial charge on any atom is -0.335 e. The van der Waals surface area contributed by atoms with Gasteiger partial charge in [-0.3, -0.25) is 4.98 Å². The highest BCUT2D eigenvalue weighted by molar-refractivity contribution is 5.94. The number of nitriles is 1. The summed E-state index contributed by atoms with van der Waals surface area (Å²) in [5, 5.41) is 10.9. The second kappa shape index (κ2) is 9.61. The molecule has 0 aliphatic heterocycles. The fourth-order valence-electron chi connectivity index (χ4n) is 3.90. The maximum absolute atomic E-state index is 12.7. The molecule has 32 heavy (non-hydrogen) atoms. The molecule has 0 aliphatic rings. The largest absolute Gasteiger partial charge is 0.405 e. The van der Waals surface area contributed by atoms with Crippen molar-refractivity contribution in [3.8, 4) is 17.5 Å². The Morgan fingerprint density at radius 1 is 1.19 bits per heavy atom. The lowest BCUT2D eigenvalue weighted by Crippen LogP contribution is -2.42. The number of halogens is 3. The van der Waals surface area contributed by atoms with Crippen LogP contribution in [0.5, 0.6) is 0 Å². The fraction of sp³-hybridized carbons (Fsp3) is 0.417. The van der Waals surface area contributed by atoms with Crippen molar-refractivity contribution in [3.05, 3.63) is 47.7 Å². The van der Waals surface area contributed by atoms with Crippen LogP contribution in [0.4, 0.5) is 18.9 Å². The molecule has 0 amide bonds. The van der Waals surface area contributed by atoms with Gasteiger partial charge in [0.2, 0.25) is 0 Å². The van der Waals surface area contributed by atoms with Gasteiger partial charge in [-0.1, -0.05) is 32.4 Å². The lowest BCUT2D eigenvalue weighted by molar-refractivity contribution is -0.150. The zero-order valence-corrected chi connectivity index (χ0v) is 18.7. The minimum absolute atomic E-state index is 0.204. The van der Waals surface area contributed by atoms with Crippen LogP contribution < -0.4 is 10.9 Å². The number of anilines is 1. The average Bonchev–Trinajstić information content (AvgIpc) is 3.08. The Hall–Kier alpha value is -3.05. The lowest BCUT2D eigenvalue weighted by atomic mass is 10.1. The van der Waals surface area contributed by atoms with Crippen molar-refractivity contribution in [2.75, 3.05) is 5.43 Å². The first-order chi connectivity index (χ1) is 15.2. The molecule has 0 saturated heterocycles. The van der Waals surface area contributed by atoms with E-state index in [-0.39, 0.29) is 6.04 Å². The van der Waals surface area contributed by atoms with Crippen LogP contribution in [0.3, 0.4) is 0 Å². The van der Waals surface area contributed by atoms with Gasteiger partial charge in [0.25, 0.3) is 0 Å². The number of hydrazine groups is 1. The van der Waals surface area contributed by atoms with Gasteiger partial charge >= 0.3 is 6.18 Å². The Labute approximate surface area is 186 Å². The zero-order chi connectivity index (χ0) is 23.5. The number of aryl methyl sites for hydroxylation is 1. The summed E-state index contributed by atoms with van der Waals surface area (Å²) in [6.07, 6.45) is -0.00580. The molecule has 0 aliphatic carbocycles. The van der Waals surface area contributed by atoms with Crippen molar-refractivity contribution in [2.24, 2.45) is 0 Å². The van der Waals surface area contributed by atoms with Crippen LogP contribution in [0.25, 0.3) is 22.3 Å². The summed E-state index contributed by atoms with van der Waals surface area (Å²) < 4.78 is 40.4. The van der Waals surface area contributed by atoms with E-state index >= 15 is 0 Å². The predicted octanol–water partition coefficient (Wildman–Crippen LogP) is 6.50. The third-order valence-corrected chi connectivity index (χ3v) is 5.66. The Kier molecular flexibility index (Phi) is 7.09. The second-order valence-electron chi connectivity index (χ2n) is 8.04. The Bertz CT molecular complexity index is 1110. The fourth-order valence-corrected chi connectivity index (χ4v) is 3.90. The average molecular weight is 444 g/mol. The van der Waals surface area contributed by atoms with Crippen molar-refractivity contribution in [1.82, 2.24) is 15.0 Å². The highest BCUT2D eigenvalue weighted by Crippen LogP contribution is 2.38. The van der Waals surface area contributed by atoms with Crippen LogP contribution >= 0.6 is 0 Å². The monoisotopic (exact) mass is 443 g/mol. The number of hydrogen-bond donors (Lipinski definition) is 2. The third-order valence-electron chi connectivity index (χ3n) is 5.66. The molecule has 0 saturated carbocycles. The molecule has 5 nitrogen and oxygen atoms in total. The summed E-state index contributed by atoms with van der Waals surface area (Å²) in [7, 11) is 0. The van der Waals surface area contributed by atoms with Crippen LogP contribution in [0.2, 0.25) is 0 Å². The summed E-state index contributed by atoms with van der Waals surface area (Å²) in [4.78, 5) is 4.50. The van der Waals surface area contributed by atoms with E-state index in [4.69, 9.17) is 0 Å². The number of hydrogen-bond acceptors (Lipinski definition) is 4. The van der Waals surface area contributed by atoms with E-state index in [1.54, 1.807) is 12.1 Å². The number of nitrogens with zero attached hydrogens (tertiary/aromatic N) is 3. The van der Waals surface area contributed by atoms with Gasteiger partial charge < -0.3 is 9.99 Å². The maximum Gasteiger partial charge on any atom is 0.405 e. The van der Waals surface area contributed by atoms with Gasteiger partial charge in [0.15, 0.2) is 0 Å². The van der Waals surface area contributed by atoms with Gasteiger partial charge in [-0.2, -0.15) is 18.4 Å². The number of pyridine rings is 1. The Morgan fingerprint density at radius 2 is 1.94 bits per heavy atom. The molecule has 3 aromatic rings. The van der Waals surface area contributed by atoms with E-state index < -0.39 is 12.2 Å². The van der Waals surface area contributed by atoms with E-state index in [0.717, 1.165) is 48.3 Å². The van der Waals surface area contributed by atoms with Crippen molar-refractivity contribution in [3.63, 3.8) is 0 Å². The third kappa shape index (κ3) is 4.73. The normalized spacial score (nSPS) is 13.7. The van der Waals surface area contributed by atoms with Crippen molar-refractivity contribution in [2.45, 2.75) is 65.2 Å². The molecular weight excluding hydrogens is 415 g/mol. The van der Waals surface area contributed by atoms with E-state index in [0.29, 0.717) is 16.9 Å². The molecule has 2 heterocycles. The molecule has 0 spiro atoms. The molecule has 0 bridgehead atoms. The van der Waals surface area contributed by atoms with E-state index in [9.17, 15) is 18.4 Å². The molecule has 2 aromatic heterocycles. The van der Waals surface area contributed by atoms with E-state index in [2.05, 4.69) is 46.4 Å². The highest BCUT2D eigenvalue weighted by atomic mass is 19.4. The van der Waals surface area contributed by atoms with Gasteiger partial charge in [0.1, 0.15) is 12.1 Å². The summed E-state index contributed by atoms with van der Waals surface area (Å²) in [6, 6.07) is 10.3. The van der Waals surface area contributed by atoms with Gasteiger partial charge in [-0.25, -0.2) is 5.43 Å². The van der Waals surface area contributed by atoms with Crippen molar-refractivity contribution >= 4 is 16.6 Å². The molecule has 0 fully saturated rings. The van der Waals surface area contributed by atoms with E-state index in [1.807, 2.05) is 19.1 Å². The summed E-state index contributed by atoms with van der Waals surface area (Å²) in [5.41, 5.74) is 9.22. The number of rotatable bonds is 8. The molecule has 170 valence electrons. The first kappa shape index (κ1) is 23.6. The van der Waals surface area contributed by atoms with Gasteiger partial charge in [0.05, 0.1) is 34.4 Å². The molecule has 3 rings (SSSR count). The molecule has 2 N–H and O–H groups in total.